The summed E-state index contributed by atoms with van der Waals surface area (Å²) in [5.74, 6) is 0.101. The van der Waals surface area contributed by atoms with Crippen LogP contribution in [0.5, 0.6) is 5.88 Å². The van der Waals surface area contributed by atoms with Crippen molar-refractivity contribution >= 4 is 17.0 Å². The number of hydrogen-bond acceptors (Lipinski definition) is 6. The minimum absolute atomic E-state index is 0.0193. The third-order valence-electron chi connectivity index (χ3n) is 6.36. The second kappa shape index (κ2) is 8.41. The van der Waals surface area contributed by atoms with E-state index in [1.165, 1.54) is 48.3 Å². The molecule has 9 nitrogen and oxygen atoms in total. The second-order valence-electron chi connectivity index (χ2n) is 8.34. The Bertz CT molecular complexity index is 1240. The number of aryl methyl sites for hydroxylation is 1. The summed E-state index contributed by atoms with van der Waals surface area (Å²) in [5.41, 5.74) is 2.44. The number of benzene rings is 1. The average molecular weight is 432 g/mol. The van der Waals surface area contributed by atoms with E-state index < -0.39 is 5.97 Å². The summed E-state index contributed by atoms with van der Waals surface area (Å²) in [6, 6.07) is 10.7. The normalized spacial score (nSPS) is 18.8. The molecule has 0 radical (unpaired) electrons. The molecule has 0 unspecified atom stereocenters. The molecule has 0 atom stereocenters. The van der Waals surface area contributed by atoms with Crippen LogP contribution in [0.1, 0.15) is 53.9 Å². The highest BCUT2D eigenvalue weighted by Gasteiger charge is 2.23. The van der Waals surface area contributed by atoms with Gasteiger partial charge in [0, 0.05) is 12.7 Å². The van der Waals surface area contributed by atoms with Crippen molar-refractivity contribution in [2.24, 2.45) is 5.92 Å². The van der Waals surface area contributed by atoms with Gasteiger partial charge >= 0.3 is 5.97 Å². The number of hydrogen-bond donors (Lipinski definition) is 2. The average Bonchev–Trinajstić information content (AvgIpc) is 3.47. The van der Waals surface area contributed by atoms with Crippen molar-refractivity contribution in [2.75, 3.05) is 0 Å². The van der Waals surface area contributed by atoms with Gasteiger partial charge in [0.25, 0.3) is 5.95 Å². The molecule has 3 heterocycles. The van der Waals surface area contributed by atoms with Crippen LogP contribution in [0.2, 0.25) is 0 Å². The molecule has 5 rings (SSSR count). The predicted molar refractivity (Wildman–Crippen MR) is 117 cm³/mol. The maximum Gasteiger partial charge on any atom is 0.338 e. The van der Waals surface area contributed by atoms with E-state index in [0.717, 1.165) is 6.42 Å². The molecule has 0 aliphatic heterocycles. The zero-order chi connectivity index (χ0) is 22.1. The van der Waals surface area contributed by atoms with E-state index in [4.69, 9.17) is 5.11 Å². The lowest BCUT2D eigenvalue weighted by Crippen LogP contribution is -2.15. The maximum absolute atomic E-state index is 11.1. The Morgan fingerprint density at radius 3 is 2.53 bits per heavy atom. The molecule has 1 saturated carbocycles. The van der Waals surface area contributed by atoms with Crippen LogP contribution in [-0.2, 0) is 6.54 Å². The fourth-order valence-electron chi connectivity index (χ4n) is 4.60. The van der Waals surface area contributed by atoms with Crippen LogP contribution >= 0.6 is 0 Å². The molecule has 9 heteroatoms. The van der Waals surface area contributed by atoms with Gasteiger partial charge in [-0.05, 0) is 49.5 Å². The van der Waals surface area contributed by atoms with Crippen LogP contribution in [0, 0.1) is 5.92 Å². The molecular weight excluding hydrogens is 408 g/mol. The highest BCUT2D eigenvalue weighted by atomic mass is 16.4. The molecule has 0 spiro atoms. The first-order valence-corrected chi connectivity index (χ1v) is 10.8. The number of rotatable bonds is 6. The smallest absolute Gasteiger partial charge is 0.338 e. The number of carboxylic acids is 1. The maximum atomic E-state index is 11.1. The topological polar surface area (TPSA) is 119 Å². The monoisotopic (exact) mass is 432 g/mol. The van der Waals surface area contributed by atoms with Crippen molar-refractivity contribution in [3.63, 3.8) is 0 Å². The lowest BCUT2D eigenvalue weighted by molar-refractivity contribution is 0.0697. The van der Waals surface area contributed by atoms with E-state index >= 15 is 0 Å². The summed E-state index contributed by atoms with van der Waals surface area (Å²) < 4.78 is 2.98. The highest BCUT2D eigenvalue weighted by molar-refractivity contribution is 5.87. The summed E-state index contributed by atoms with van der Waals surface area (Å²) in [4.78, 5) is 19.6. The minimum atomic E-state index is -1.09. The third-order valence-corrected chi connectivity index (χ3v) is 6.36. The molecule has 4 aromatic rings. The lowest BCUT2D eigenvalue weighted by Gasteiger charge is -2.28. The highest BCUT2D eigenvalue weighted by Crippen LogP contribution is 2.37. The Morgan fingerprint density at radius 2 is 1.81 bits per heavy atom. The van der Waals surface area contributed by atoms with Gasteiger partial charge in [0.2, 0.25) is 5.88 Å². The molecule has 164 valence electrons. The molecule has 0 saturated heterocycles. The van der Waals surface area contributed by atoms with Gasteiger partial charge in [-0.15, -0.1) is 0 Å². The van der Waals surface area contributed by atoms with Gasteiger partial charge in [-0.25, -0.2) is 14.5 Å². The molecule has 2 N–H and O–H groups in total. The van der Waals surface area contributed by atoms with E-state index in [9.17, 15) is 9.90 Å². The van der Waals surface area contributed by atoms with Crippen molar-refractivity contribution < 1.29 is 15.0 Å². The molecule has 1 aliphatic rings. The second-order valence-corrected chi connectivity index (χ2v) is 8.34. The quantitative estimate of drug-likeness (QED) is 0.476. The molecule has 1 aliphatic carbocycles. The summed E-state index contributed by atoms with van der Waals surface area (Å²) >= 11 is 0. The largest absolute Gasteiger partial charge is 0.492 e. The van der Waals surface area contributed by atoms with Crippen LogP contribution in [0.15, 0.2) is 48.9 Å². The minimum Gasteiger partial charge on any atom is -0.492 e. The van der Waals surface area contributed by atoms with Crippen LogP contribution in [0.4, 0.5) is 0 Å². The zero-order valence-electron chi connectivity index (χ0n) is 17.5. The Morgan fingerprint density at radius 1 is 1.03 bits per heavy atom. The van der Waals surface area contributed by atoms with Crippen molar-refractivity contribution in [1.82, 2.24) is 29.5 Å². The molecular formula is C23H24N6O3. The van der Waals surface area contributed by atoms with Gasteiger partial charge in [-0.3, -0.25) is 4.68 Å². The van der Waals surface area contributed by atoms with Crippen molar-refractivity contribution in [3.05, 3.63) is 60.0 Å². The number of nitrogens with zero attached hydrogens (tertiary/aromatic N) is 6. The SMILES string of the molecule is O=C(O)c1cnn(-c2nc(O)c3c(cnn3CC[C@H]3CC[C@H](c4ccccc4)CC3)n2)c1. The van der Waals surface area contributed by atoms with Gasteiger partial charge in [0.1, 0.15) is 11.0 Å². The Hall–Kier alpha value is -3.75. The molecule has 1 fully saturated rings. The summed E-state index contributed by atoms with van der Waals surface area (Å²) in [5, 5.41) is 27.9. The van der Waals surface area contributed by atoms with Crippen molar-refractivity contribution in [1.29, 1.82) is 0 Å². The molecule has 0 bridgehead atoms. The number of carboxylic acid groups (broad SMARTS) is 1. The predicted octanol–water partition coefficient (Wildman–Crippen LogP) is 3.78. The molecule has 32 heavy (non-hydrogen) atoms. The van der Waals surface area contributed by atoms with E-state index in [0.29, 0.717) is 29.4 Å². The first kappa shape index (κ1) is 20.2. The molecule has 0 amide bonds. The Balaban J connectivity index is 1.26. The Labute approximate surface area is 184 Å². The Kier molecular flexibility index (Phi) is 5.30. The van der Waals surface area contributed by atoms with Crippen LogP contribution in [0.25, 0.3) is 17.0 Å². The number of aromatic nitrogens is 6. The first-order valence-electron chi connectivity index (χ1n) is 10.8. The van der Waals surface area contributed by atoms with Gasteiger partial charge in [-0.2, -0.15) is 15.2 Å². The standard InChI is InChI=1S/C23H24N6O3/c30-21-20-19(26-23(27-21)29-14-18(12-24-29)22(31)32)13-25-28(20)11-10-15-6-8-17(9-7-15)16-4-2-1-3-5-16/h1-5,12-15,17H,6-11H2,(H,31,32)(H,26,27,30)/t15-,17-. The van der Waals surface area contributed by atoms with Crippen LogP contribution in [0.3, 0.4) is 0 Å². The van der Waals surface area contributed by atoms with Crippen molar-refractivity contribution in [3.8, 4) is 11.8 Å². The number of carbonyl (C=O) groups is 1. The van der Waals surface area contributed by atoms with Crippen molar-refractivity contribution in [2.45, 2.75) is 44.6 Å². The van der Waals surface area contributed by atoms with E-state index in [1.54, 1.807) is 10.9 Å². The zero-order valence-corrected chi connectivity index (χ0v) is 17.5. The van der Waals surface area contributed by atoms with Gasteiger partial charge in [-0.1, -0.05) is 30.3 Å². The fourth-order valence-corrected chi connectivity index (χ4v) is 4.60. The fraction of sp³-hybridized carbons (Fsp3) is 0.348. The van der Waals surface area contributed by atoms with Gasteiger partial charge in [0.05, 0.1) is 18.0 Å². The summed E-state index contributed by atoms with van der Waals surface area (Å²) in [6.45, 7) is 0.686. The number of fused-ring (bicyclic) bond motifs is 1. The molecule has 1 aromatic carbocycles. The first-order chi connectivity index (χ1) is 15.6. The number of aromatic carboxylic acids is 1. The van der Waals surface area contributed by atoms with Gasteiger partial charge in [0.15, 0.2) is 0 Å². The summed E-state index contributed by atoms with van der Waals surface area (Å²) in [6.07, 6.45) is 9.88. The van der Waals surface area contributed by atoms with Crippen LogP contribution in [-0.4, -0.2) is 45.7 Å². The summed E-state index contributed by atoms with van der Waals surface area (Å²) in [7, 11) is 0. The lowest BCUT2D eigenvalue weighted by atomic mass is 9.77. The van der Waals surface area contributed by atoms with Gasteiger partial charge < -0.3 is 10.2 Å². The van der Waals surface area contributed by atoms with E-state index in [1.807, 2.05) is 0 Å². The van der Waals surface area contributed by atoms with E-state index in [-0.39, 0.29) is 17.4 Å². The number of aromatic hydroxyl groups is 1. The van der Waals surface area contributed by atoms with Crippen LogP contribution < -0.4 is 0 Å². The van der Waals surface area contributed by atoms with E-state index in [2.05, 4.69) is 50.5 Å². The molecule has 3 aromatic heterocycles. The third kappa shape index (κ3) is 3.93.